The molecule has 7 nitrogen and oxygen atoms in total. The maximum absolute atomic E-state index is 11.3. The molecule has 7 heteroatoms. The molecule has 0 saturated heterocycles. The van der Waals surface area contributed by atoms with Crippen LogP contribution in [-0.4, -0.2) is 41.3 Å². The van der Waals surface area contributed by atoms with Gasteiger partial charge in [0.05, 0.1) is 0 Å². The Morgan fingerprint density at radius 3 is 1.40 bits per heavy atom. The summed E-state index contributed by atoms with van der Waals surface area (Å²) in [5, 5.41) is 22.2. The van der Waals surface area contributed by atoms with Crippen LogP contribution in [-0.2, 0) is 9.59 Å². The van der Waals surface area contributed by atoms with Crippen LogP contribution in [0, 0.1) is 0 Å². The van der Waals surface area contributed by atoms with E-state index in [9.17, 15) is 14.4 Å². The Kier molecular flexibility index (Phi) is 11.2. The van der Waals surface area contributed by atoms with E-state index in [0.29, 0.717) is 25.9 Å². The molecule has 0 radical (unpaired) electrons. The van der Waals surface area contributed by atoms with Crippen molar-refractivity contribution in [3.05, 3.63) is 0 Å². The first-order valence-corrected chi connectivity index (χ1v) is 6.97. The Morgan fingerprint density at radius 2 is 1.05 bits per heavy atom. The number of unbranched alkanes of at least 4 members (excludes halogenated alkanes) is 4. The van der Waals surface area contributed by atoms with Crippen molar-refractivity contribution < 1.29 is 24.6 Å². The van der Waals surface area contributed by atoms with E-state index in [2.05, 4.69) is 10.6 Å². The molecule has 0 aromatic heterocycles. The van der Waals surface area contributed by atoms with Crippen LogP contribution in [0.3, 0.4) is 0 Å². The zero-order valence-corrected chi connectivity index (χ0v) is 11.7. The van der Waals surface area contributed by atoms with Crippen molar-refractivity contribution in [1.29, 1.82) is 0 Å². The summed E-state index contributed by atoms with van der Waals surface area (Å²) in [6, 6.07) is -0.235. The van der Waals surface area contributed by atoms with Gasteiger partial charge in [-0.25, -0.2) is 4.79 Å². The number of amides is 2. The van der Waals surface area contributed by atoms with Crippen molar-refractivity contribution >= 4 is 18.0 Å². The molecule has 4 N–H and O–H groups in total. The number of carboxylic acid groups (broad SMARTS) is 2. The van der Waals surface area contributed by atoms with Gasteiger partial charge in [-0.2, -0.15) is 0 Å². The molecule has 0 aromatic carbocycles. The van der Waals surface area contributed by atoms with E-state index in [1.165, 1.54) is 0 Å². The Hall–Kier alpha value is -1.79. The lowest BCUT2D eigenvalue weighted by Gasteiger charge is -2.07. The molecular formula is C13H24N2O5. The second-order valence-electron chi connectivity index (χ2n) is 4.59. The molecule has 0 heterocycles. The normalized spacial score (nSPS) is 10.0. The Labute approximate surface area is 118 Å². The minimum absolute atomic E-state index is 0.169. The number of hydrogen-bond acceptors (Lipinski definition) is 3. The summed E-state index contributed by atoms with van der Waals surface area (Å²) in [5.41, 5.74) is 0. The summed E-state index contributed by atoms with van der Waals surface area (Å²) in [6.45, 7) is 1.06. The molecule has 0 aliphatic rings. The van der Waals surface area contributed by atoms with Crippen LogP contribution >= 0.6 is 0 Å². The molecule has 0 rings (SSSR count). The molecule has 116 valence electrons. The van der Waals surface area contributed by atoms with Crippen molar-refractivity contribution in [1.82, 2.24) is 10.6 Å². The predicted octanol–water partition coefficient (Wildman–Crippen LogP) is 1.58. The van der Waals surface area contributed by atoms with Gasteiger partial charge in [-0.3, -0.25) is 9.59 Å². The van der Waals surface area contributed by atoms with Gasteiger partial charge < -0.3 is 20.8 Å². The van der Waals surface area contributed by atoms with Gasteiger partial charge in [-0.05, 0) is 25.7 Å². The highest BCUT2D eigenvalue weighted by molar-refractivity contribution is 5.73. The molecule has 0 spiro atoms. The lowest BCUT2D eigenvalue weighted by Crippen LogP contribution is -2.36. The highest BCUT2D eigenvalue weighted by Gasteiger charge is 2.00. The smallest absolute Gasteiger partial charge is 0.314 e. The van der Waals surface area contributed by atoms with Crippen LogP contribution in [0.4, 0.5) is 4.79 Å². The number of urea groups is 1. The van der Waals surface area contributed by atoms with E-state index in [4.69, 9.17) is 10.2 Å². The third-order valence-corrected chi connectivity index (χ3v) is 2.71. The molecular weight excluding hydrogens is 264 g/mol. The average molecular weight is 288 g/mol. The van der Waals surface area contributed by atoms with Crippen LogP contribution in [0.2, 0.25) is 0 Å². The number of carbonyl (C=O) groups is 3. The fourth-order valence-corrected chi connectivity index (χ4v) is 1.62. The second kappa shape index (κ2) is 12.3. The molecule has 0 aliphatic carbocycles. The first-order chi connectivity index (χ1) is 9.52. The largest absolute Gasteiger partial charge is 0.481 e. The number of carboxylic acids is 2. The molecule has 0 unspecified atom stereocenters. The standard InChI is InChI=1S/C13H24N2O5/c16-11(17)7-3-1-5-9-14-13(20)15-10-6-2-4-8-12(18)19/h1-10H2,(H,16,17)(H,18,19)(H2,14,15,20). The monoisotopic (exact) mass is 288 g/mol. The molecule has 20 heavy (non-hydrogen) atoms. The van der Waals surface area contributed by atoms with Gasteiger partial charge in [0, 0.05) is 25.9 Å². The zero-order valence-electron chi connectivity index (χ0n) is 11.7. The molecule has 0 aromatic rings. The van der Waals surface area contributed by atoms with Crippen LogP contribution < -0.4 is 10.6 Å². The van der Waals surface area contributed by atoms with Gasteiger partial charge in [-0.1, -0.05) is 12.8 Å². The lowest BCUT2D eigenvalue weighted by molar-refractivity contribution is -0.138. The highest BCUT2D eigenvalue weighted by atomic mass is 16.4. The lowest BCUT2D eigenvalue weighted by atomic mass is 10.2. The number of rotatable bonds is 12. The number of aliphatic carboxylic acids is 2. The van der Waals surface area contributed by atoms with Crippen LogP contribution in [0.1, 0.15) is 51.4 Å². The fourth-order valence-electron chi connectivity index (χ4n) is 1.62. The summed E-state index contributed by atoms with van der Waals surface area (Å²) < 4.78 is 0. The van der Waals surface area contributed by atoms with Crippen molar-refractivity contribution in [2.24, 2.45) is 0 Å². The summed E-state index contributed by atoms with van der Waals surface area (Å²) in [4.78, 5) is 31.8. The maximum atomic E-state index is 11.3. The van der Waals surface area contributed by atoms with E-state index in [1.807, 2.05) is 0 Å². The zero-order chi connectivity index (χ0) is 15.2. The van der Waals surface area contributed by atoms with Crippen LogP contribution in [0.25, 0.3) is 0 Å². The predicted molar refractivity (Wildman–Crippen MR) is 73.6 cm³/mol. The maximum Gasteiger partial charge on any atom is 0.314 e. The van der Waals surface area contributed by atoms with Crippen molar-refractivity contribution in [2.45, 2.75) is 51.4 Å². The minimum Gasteiger partial charge on any atom is -0.481 e. The topological polar surface area (TPSA) is 116 Å². The van der Waals surface area contributed by atoms with E-state index in [0.717, 1.165) is 25.7 Å². The fraction of sp³-hybridized carbons (Fsp3) is 0.769. The molecule has 0 atom stereocenters. The highest BCUT2D eigenvalue weighted by Crippen LogP contribution is 1.99. The Balaban J connectivity index is 3.24. The van der Waals surface area contributed by atoms with Crippen LogP contribution in [0.15, 0.2) is 0 Å². The average Bonchev–Trinajstić information content (AvgIpc) is 2.37. The third-order valence-electron chi connectivity index (χ3n) is 2.71. The van der Waals surface area contributed by atoms with Crippen LogP contribution in [0.5, 0.6) is 0 Å². The number of carbonyl (C=O) groups excluding carboxylic acids is 1. The van der Waals surface area contributed by atoms with E-state index in [1.54, 1.807) is 0 Å². The van der Waals surface area contributed by atoms with Crippen molar-refractivity contribution in [3.63, 3.8) is 0 Å². The second-order valence-corrected chi connectivity index (χ2v) is 4.59. The van der Waals surface area contributed by atoms with Gasteiger partial charge >= 0.3 is 18.0 Å². The van der Waals surface area contributed by atoms with Crippen molar-refractivity contribution in [2.75, 3.05) is 13.1 Å². The number of hydrogen-bond donors (Lipinski definition) is 4. The Morgan fingerprint density at radius 1 is 0.650 bits per heavy atom. The minimum atomic E-state index is -0.793. The summed E-state index contributed by atoms with van der Waals surface area (Å²) in [7, 11) is 0. The Bertz CT molecular complexity index is 279. The molecule has 2 amide bonds. The summed E-state index contributed by atoms with van der Waals surface area (Å²) >= 11 is 0. The van der Waals surface area contributed by atoms with Crippen molar-refractivity contribution in [3.8, 4) is 0 Å². The van der Waals surface area contributed by atoms with Gasteiger partial charge in [0.1, 0.15) is 0 Å². The first kappa shape index (κ1) is 18.2. The molecule has 0 aliphatic heterocycles. The SMILES string of the molecule is O=C(O)CCCCCNC(=O)NCCCCCC(=O)O. The van der Waals surface area contributed by atoms with Gasteiger partial charge in [0.2, 0.25) is 0 Å². The van der Waals surface area contributed by atoms with Gasteiger partial charge in [-0.15, -0.1) is 0 Å². The first-order valence-electron chi connectivity index (χ1n) is 6.97. The quantitative estimate of drug-likeness (QED) is 0.407. The van der Waals surface area contributed by atoms with Gasteiger partial charge in [0.25, 0.3) is 0 Å². The van der Waals surface area contributed by atoms with E-state index < -0.39 is 11.9 Å². The molecule has 0 bridgehead atoms. The van der Waals surface area contributed by atoms with E-state index >= 15 is 0 Å². The third kappa shape index (κ3) is 14.3. The molecule has 0 fully saturated rings. The summed E-state index contributed by atoms with van der Waals surface area (Å²) in [5.74, 6) is -1.59. The number of nitrogens with one attached hydrogen (secondary N) is 2. The molecule has 0 saturated carbocycles. The van der Waals surface area contributed by atoms with Gasteiger partial charge in [0.15, 0.2) is 0 Å². The van der Waals surface area contributed by atoms with E-state index in [-0.39, 0.29) is 18.9 Å². The summed E-state index contributed by atoms with van der Waals surface area (Å²) in [6.07, 6.45) is 4.68.